The first-order chi connectivity index (χ1) is 8.17. The maximum Gasteiger partial charge on any atom is 0.224 e. The van der Waals surface area contributed by atoms with Gasteiger partial charge >= 0.3 is 0 Å². The zero-order valence-electron chi connectivity index (χ0n) is 11.1. The van der Waals surface area contributed by atoms with Crippen LogP contribution in [0.5, 0.6) is 0 Å². The molecule has 0 aromatic carbocycles. The van der Waals surface area contributed by atoms with E-state index in [1.165, 1.54) is 0 Å². The van der Waals surface area contributed by atoms with Crippen LogP contribution in [0.4, 0.5) is 0 Å². The van der Waals surface area contributed by atoms with Gasteiger partial charge in [0, 0.05) is 45.2 Å². The first-order valence-corrected chi connectivity index (χ1v) is 6.51. The molecule has 0 aromatic rings. The Kier molecular flexibility index (Phi) is 6.22. The van der Waals surface area contributed by atoms with E-state index in [0.29, 0.717) is 6.42 Å². The molecular formula is C13H25N3O. The van der Waals surface area contributed by atoms with Crippen LogP contribution in [-0.4, -0.2) is 61.0 Å². The van der Waals surface area contributed by atoms with Crippen molar-refractivity contribution in [2.45, 2.75) is 26.3 Å². The Hall–Kier alpha value is -0.870. The predicted octanol–water partition coefficient (Wildman–Crippen LogP) is 0.705. The van der Waals surface area contributed by atoms with Crippen molar-refractivity contribution in [3.63, 3.8) is 0 Å². The number of piperazine rings is 1. The molecule has 1 unspecified atom stereocenters. The van der Waals surface area contributed by atoms with Crippen LogP contribution < -0.4 is 5.32 Å². The van der Waals surface area contributed by atoms with Gasteiger partial charge in [-0.1, -0.05) is 13.0 Å². The molecule has 1 heterocycles. The molecule has 0 aliphatic carbocycles. The highest BCUT2D eigenvalue weighted by Gasteiger charge is 2.21. The average molecular weight is 239 g/mol. The van der Waals surface area contributed by atoms with Gasteiger partial charge in [-0.15, -0.1) is 6.58 Å². The molecule has 4 heteroatoms. The second-order valence-corrected chi connectivity index (χ2v) is 4.63. The molecule has 0 aromatic heterocycles. The molecule has 0 radical (unpaired) electrons. The van der Waals surface area contributed by atoms with Gasteiger partial charge < -0.3 is 10.2 Å². The number of amides is 1. The van der Waals surface area contributed by atoms with Crippen molar-refractivity contribution in [1.29, 1.82) is 0 Å². The number of carbonyl (C=O) groups is 1. The predicted molar refractivity (Wildman–Crippen MR) is 71.0 cm³/mol. The fourth-order valence-corrected chi connectivity index (χ4v) is 2.17. The van der Waals surface area contributed by atoms with Crippen LogP contribution >= 0.6 is 0 Å². The van der Waals surface area contributed by atoms with Gasteiger partial charge in [-0.3, -0.25) is 9.69 Å². The minimum atomic E-state index is 0.275. The van der Waals surface area contributed by atoms with Gasteiger partial charge in [0.1, 0.15) is 0 Å². The summed E-state index contributed by atoms with van der Waals surface area (Å²) >= 11 is 0. The monoisotopic (exact) mass is 239 g/mol. The van der Waals surface area contributed by atoms with Gasteiger partial charge in [-0.05, 0) is 13.5 Å². The molecule has 0 spiro atoms. The number of hydrogen-bond donors (Lipinski definition) is 1. The number of nitrogens with zero attached hydrogens (tertiary/aromatic N) is 2. The number of hydrogen-bond acceptors (Lipinski definition) is 3. The highest BCUT2D eigenvalue weighted by molar-refractivity contribution is 5.76. The third-order valence-corrected chi connectivity index (χ3v) is 3.15. The molecule has 0 bridgehead atoms. The summed E-state index contributed by atoms with van der Waals surface area (Å²) in [6.07, 6.45) is 2.53. The average Bonchev–Trinajstić information content (AvgIpc) is 2.30. The summed E-state index contributed by atoms with van der Waals surface area (Å²) in [6, 6.07) is 0.277. The largest absolute Gasteiger partial charge is 0.340 e. The lowest BCUT2D eigenvalue weighted by Gasteiger charge is -2.34. The molecule has 1 rings (SSSR count). The molecule has 17 heavy (non-hydrogen) atoms. The molecule has 1 N–H and O–H groups in total. The van der Waals surface area contributed by atoms with Crippen molar-refractivity contribution in [2.24, 2.45) is 0 Å². The molecule has 0 saturated carbocycles. The Morgan fingerprint density at radius 1 is 1.41 bits per heavy atom. The second-order valence-electron chi connectivity index (χ2n) is 4.63. The van der Waals surface area contributed by atoms with Crippen LogP contribution in [0.25, 0.3) is 0 Å². The summed E-state index contributed by atoms with van der Waals surface area (Å²) in [6.45, 7) is 13.3. The highest BCUT2D eigenvalue weighted by atomic mass is 16.2. The first-order valence-electron chi connectivity index (χ1n) is 6.51. The summed E-state index contributed by atoms with van der Waals surface area (Å²) in [5.41, 5.74) is 0. The Morgan fingerprint density at radius 3 is 2.59 bits per heavy atom. The third kappa shape index (κ3) is 4.88. The van der Waals surface area contributed by atoms with E-state index in [2.05, 4.69) is 30.6 Å². The molecule has 4 nitrogen and oxygen atoms in total. The third-order valence-electron chi connectivity index (χ3n) is 3.15. The molecule has 1 fully saturated rings. The van der Waals surface area contributed by atoms with E-state index < -0.39 is 0 Å². The first kappa shape index (κ1) is 14.2. The van der Waals surface area contributed by atoms with Crippen molar-refractivity contribution in [3.8, 4) is 0 Å². The Morgan fingerprint density at radius 2 is 2.06 bits per heavy atom. The van der Waals surface area contributed by atoms with E-state index >= 15 is 0 Å². The van der Waals surface area contributed by atoms with Crippen molar-refractivity contribution in [3.05, 3.63) is 12.7 Å². The summed E-state index contributed by atoms with van der Waals surface area (Å²) in [5, 5.41) is 3.27. The fraction of sp³-hybridized carbons (Fsp3) is 0.769. The van der Waals surface area contributed by atoms with Gasteiger partial charge in [0.25, 0.3) is 0 Å². The van der Waals surface area contributed by atoms with Crippen LogP contribution in [0, 0.1) is 0 Å². The summed E-state index contributed by atoms with van der Waals surface area (Å²) in [7, 11) is 0. The van der Waals surface area contributed by atoms with E-state index in [-0.39, 0.29) is 11.9 Å². The van der Waals surface area contributed by atoms with E-state index in [9.17, 15) is 4.79 Å². The van der Waals surface area contributed by atoms with E-state index in [0.717, 1.165) is 39.3 Å². The smallest absolute Gasteiger partial charge is 0.224 e. The molecule has 1 atom stereocenters. The minimum Gasteiger partial charge on any atom is -0.340 e. The van der Waals surface area contributed by atoms with Crippen LogP contribution in [0.3, 0.4) is 0 Å². The van der Waals surface area contributed by atoms with Crippen molar-refractivity contribution in [1.82, 2.24) is 15.1 Å². The molecule has 1 aliphatic heterocycles. The maximum atomic E-state index is 12.0. The van der Waals surface area contributed by atoms with Crippen molar-refractivity contribution < 1.29 is 4.79 Å². The van der Waals surface area contributed by atoms with Gasteiger partial charge in [0.05, 0.1) is 0 Å². The molecule has 1 amide bonds. The van der Waals surface area contributed by atoms with Crippen LogP contribution in [0.1, 0.15) is 20.3 Å². The van der Waals surface area contributed by atoms with E-state index in [4.69, 9.17) is 0 Å². The SMILES string of the molecule is C=CCN1CCN(C(=O)CC(C)NCC)CC1. The van der Waals surface area contributed by atoms with E-state index in [1.807, 2.05) is 11.0 Å². The second kappa shape index (κ2) is 7.45. The zero-order chi connectivity index (χ0) is 12.7. The zero-order valence-corrected chi connectivity index (χ0v) is 11.1. The molecular weight excluding hydrogens is 214 g/mol. The van der Waals surface area contributed by atoms with Gasteiger partial charge in [-0.25, -0.2) is 0 Å². The molecule has 1 saturated heterocycles. The molecule has 1 aliphatic rings. The summed E-state index contributed by atoms with van der Waals surface area (Å²) < 4.78 is 0. The summed E-state index contributed by atoms with van der Waals surface area (Å²) in [4.78, 5) is 16.3. The number of carbonyl (C=O) groups excluding carboxylic acids is 1. The van der Waals surface area contributed by atoms with Crippen molar-refractivity contribution >= 4 is 5.91 Å². The highest BCUT2D eigenvalue weighted by Crippen LogP contribution is 2.05. The normalized spacial score (nSPS) is 19.1. The Balaban J connectivity index is 2.28. The minimum absolute atomic E-state index is 0.275. The van der Waals surface area contributed by atoms with Gasteiger partial charge in [-0.2, -0.15) is 0 Å². The van der Waals surface area contributed by atoms with Crippen molar-refractivity contribution in [2.75, 3.05) is 39.3 Å². The standard InChI is InChI=1S/C13H25N3O/c1-4-6-15-7-9-16(10-8-15)13(17)11-12(3)14-5-2/h4,12,14H,1,5-11H2,2-3H3. The topological polar surface area (TPSA) is 35.6 Å². The van der Waals surface area contributed by atoms with Crippen LogP contribution in [0.15, 0.2) is 12.7 Å². The maximum absolute atomic E-state index is 12.0. The lowest BCUT2D eigenvalue weighted by Crippen LogP contribution is -2.49. The Bertz CT molecular complexity index is 247. The van der Waals surface area contributed by atoms with Gasteiger partial charge in [0.2, 0.25) is 5.91 Å². The van der Waals surface area contributed by atoms with Crippen LogP contribution in [-0.2, 0) is 4.79 Å². The molecule has 98 valence electrons. The lowest BCUT2D eigenvalue weighted by molar-refractivity contribution is -0.133. The quantitative estimate of drug-likeness (QED) is 0.693. The Labute approximate surface area is 105 Å². The number of rotatable bonds is 6. The summed E-state index contributed by atoms with van der Waals surface area (Å²) in [5.74, 6) is 0.275. The van der Waals surface area contributed by atoms with E-state index in [1.54, 1.807) is 0 Å². The van der Waals surface area contributed by atoms with Crippen LogP contribution in [0.2, 0.25) is 0 Å². The lowest BCUT2D eigenvalue weighted by atomic mass is 10.2. The fourth-order valence-electron chi connectivity index (χ4n) is 2.17. The van der Waals surface area contributed by atoms with Gasteiger partial charge in [0.15, 0.2) is 0 Å². The number of nitrogens with one attached hydrogen (secondary N) is 1.